The summed E-state index contributed by atoms with van der Waals surface area (Å²) in [5.74, 6) is 2.35. The minimum atomic E-state index is -0.593. The smallest absolute Gasteiger partial charge is 0.225 e. The van der Waals surface area contributed by atoms with Gasteiger partial charge in [-0.3, -0.25) is 0 Å². The molecule has 3 N–H and O–H groups in total. The molecule has 1 saturated carbocycles. The lowest BCUT2D eigenvalue weighted by Gasteiger charge is -2.29. The van der Waals surface area contributed by atoms with Crippen LogP contribution >= 0.6 is 0 Å². The third kappa shape index (κ3) is 6.27. The van der Waals surface area contributed by atoms with Crippen LogP contribution in [0.5, 0.6) is 0 Å². The zero-order chi connectivity index (χ0) is 25.6. The van der Waals surface area contributed by atoms with E-state index in [0.29, 0.717) is 12.0 Å². The number of benzene rings is 3. The van der Waals surface area contributed by atoms with Gasteiger partial charge in [0.05, 0.1) is 5.52 Å². The van der Waals surface area contributed by atoms with Crippen molar-refractivity contribution in [2.24, 2.45) is 5.92 Å². The summed E-state index contributed by atoms with van der Waals surface area (Å²) in [6.07, 6.45) is 4.03. The van der Waals surface area contributed by atoms with Gasteiger partial charge in [0, 0.05) is 32.1 Å². The highest BCUT2D eigenvalue weighted by molar-refractivity contribution is 5.90. The van der Waals surface area contributed by atoms with Crippen LogP contribution in [0.1, 0.15) is 48.5 Å². The van der Waals surface area contributed by atoms with E-state index < -0.39 is 6.10 Å². The molecule has 1 fully saturated rings. The molecule has 0 radical (unpaired) electrons. The highest BCUT2D eigenvalue weighted by Gasteiger charge is 2.22. The van der Waals surface area contributed by atoms with Crippen molar-refractivity contribution in [2.75, 3.05) is 30.9 Å². The fourth-order valence-electron chi connectivity index (χ4n) is 5.28. The Morgan fingerprint density at radius 1 is 0.865 bits per heavy atom. The van der Waals surface area contributed by atoms with Gasteiger partial charge in [0.2, 0.25) is 5.95 Å². The number of aliphatic hydroxyl groups excluding tert-OH is 1. The zero-order valence-corrected chi connectivity index (χ0v) is 21.8. The summed E-state index contributed by atoms with van der Waals surface area (Å²) in [4.78, 5) is 11.6. The van der Waals surface area contributed by atoms with Crippen molar-refractivity contribution >= 4 is 22.7 Å². The highest BCUT2D eigenvalue weighted by atomic mass is 16.3. The van der Waals surface area contributed by atoms with Crippen LogP contribution in [0.3, 0.4) is 0 Å². The van der Waals surface area contributed by atoms with E-state index in [2.05, 4.69) is 39.8 Å². The molecule has 1 aromatic heterocycles. The first-order valence-electron chi connectivity index (χ1n) is 13.3. The predicted molar refractivity (Wildman–Crippen MR) is 152 cm³/mol. The Kier molecular flexibility index (Phi) is 7.97. The number of aliphatic hydroxyl groups is 1. The zero-order valence-electron chi connectivity index (χ0n) is 21.8. The standard InChI is InChI=1S/C31H37N5O/c1-36(2)30-27-13-6-7-14-28(27)34-31(35-30)33-26-17-15-22(16-18-26)20-32-21-23-9-8-12-25(19-23)29(37)24-10-4-3-5-11-24/h3-14,19,22,26,29,32,37H,15-18,20-21H2,1-2H3,(H,33,34,35)/t22-,26+,29?. The van der Waals surface area contributed by atoms with Crippen LogP contribution in [-0.4, -0.2) is 41.8 Å². The van der Waals surface area contributed by atoms with Gasteiger partial charge in [-0.05, 0) is 67.0 Å². The van der Waals surface area contributed by atoms with Gasteiger partial charge in [-0.2, -0.15) is 4.98 Å². The maximum atomic E-state index is 10.7. The van der Waals surface area contributed by atoms with Crippen LogP contribution in [0, 0.1) is 5.92 Å². The molecule has 4 aromatic rings. The lowest BCUT2D eigenvalue weighted by atomic mass is 9.86. The van der Waals surface area contributed by atoms with Crippen LogP contribution < -0.4 is 15.5 Å². The number of fused-ring (bicyclic) bond motifs is 1. The summed E-state index contributed by atoms with van der Waals surface area (Å²) < 4.78 is 0. The Balaban J connectivity index is 1.11. The van der Waals surface area contributed by atoms with Crippen molar-refractivity contribution in [1.29, 1.82) is 0 Å². The van der Waals surface area contributed by atoms with Crippen molar-refractivity contribution in [3.8, 4) is 0 Å². The second-order valence-electron chi connectivity index (χ2n) is 10.3. The van der Waals surface area contributed by atoms with Gasteiger partial charge in [0.15, 0.2) is 0 Å². The molecular weight excluding hydrogens is 458 g/mol. The number of anilines is 2. The van der Waals surface area contributed by atoms with E-state index >= 15 is 0 Å². The summed E-state index contributed by atoms with van der Waals surface area (Å²) in [6.45, 7) is 1.82. The van der Waals surface area contributed by atoms with Crippen molar-refractivity contribution in [3.05, 3.63) is 95.6 Å². The number of nitrogens with zero attached hydrogens (tertiary/aromatic N) is 3. The molecule has 0 saturated heterocycles. The molecule has 6 nitrogen and oxygen atoms in total. The number of hydrogen-bond acceptors (Lipinski definition) is 6. The molecule has 5 rings (SSSR count). The van der Waals surface area contributed by atoms with Crippen LogP contribution in [0.2, 0.25) is 0 Å². The molecule has 37 heavy (non-hydrogen) atoms. The van der Waals surface area contributed by atoms with E-state index in [9.17, 15) is 5.11 Å². The minimum Gasteiger partial charge on any atom is -0.384 e. The molecule has 0 amide bonds. The fraction of sp³-hybridized carbons (Fsp3) is 0.355. The van der Waals surface area contributed by atoms with Gasteiger partial charge < -0.3 is 20.6 Å². The second-order valence-corrected chi connectivity index (χ2v) is 10.3. The van der Waals surface area contributed by atoms with E-state index in [1.807, 2.05) is 68.7 Å². The van der Waals surface area contributed by atoms with Crippen LogP contribution in [0.4, 0.5) is 11.8 Å². The average Bonchev–Trinajstić information content (AvgIpc) is 2.94. The molecule has 1 aliphatic carbocycles. The average molecular weight is 496 g/mol. The molecule has 1 aliphatic rings. The second kappa shape index (κ2) is 11.7. The minimum absolute atomic E-state index is 0.406. The Hall–Kier alpha value is -3.48. The largest absolute Gasteiger partial charge is 0.384 e. The number of hydrogen-bond donors (Lipinski definition) is 3. The molecule has 1 unspecified atom stereocenters. The summed E-state index contributed by atoms with van der Waals surface area (Å²) in [6, 6.07) is 26.7. The molecule has 1 atom stereocenters. The van der Waals surface area contributed by atoms with Crippen LogP contribution in [0.15, 0.2) is 78.9 Å². The van der Waals surface area contributed by atoms with Gasteiger partial charge in [-0.1, -0.05) is 66.7 Å². The number of para-hydroxylation sites is 1. The SMILES string of the molecule is CN(C)c1nc(N[C@H]2CC[C@@H](CNCc3cccc(C(O)c4ccccc4)c3)CC2)nc2ccccc12. The Bertz CT molecular complexity index is 1300. The monoisotopic (exact) mass is 495 g/mol. The predicted octanol–water partition coefficient (Wildman–Crippen LogP) is 5.54. The van der Waals surface area contributed by atoms with Crippen molar-refractivity contribution in [2.45, 2.75) is 44.4 Å². The van der Waals surface area contributed by atoms with Crippen molar-refractivity contribution in [1.82, 2.24) is 15.3 Å². The molecule has 3 aromatic carbocycles. The molecule has 0 spiro atoms. The normalized spacial score (nSPS) is 18.5. The first-order valence-corrected chi connectivity index (χ1v) is 13.3. The number of nitrogens with one attached hydrogen (secondary N) is 2. The molecule has 0 bridgehead atoms. The number of rotatable bonds is 9. The fourth-order valence-corrected chi connectivity index (χ4v) is 5.28. The number of aromatic nitrogens is 2. The van der Waals surface area contributed by atoms with E-state index in [1.54, 1.807) is 0 Å². The van der Waals surface area contributed by atoms with Crippen LogP contribution in [0.25, 0.3) is 10.9 Å². The van der Waals surface area contributed by atoms with E-state index in [1.165, 1.54) is 18.4 Å². The van der Waals surface area contributed by atoms with Crippen molar-refractivity contribution in [3.63, 3.8) is 0 Å². The molecule has 1 heterocycles. The van der Waals surface area contributed by atoms with E-state index in [-0.39, 0.29) is 0 Å². The van der Waals surface area contributed by atoms with Gasteiger partial charge >= 0.3 is 0 Å². The Labute approximate surface area is 219 Å². The van der Waals surface area contributed by atoms with Gasteiger partial charge in [0.25, 0.3) is 0 Å². The topological polar surface area (TPSA) is 73.3 Å². The Morgan fingerprint density at radius 2 is 1.59 bits per heavy atom. The highest BCUT2D eigenvalue weighted by Crippen LogP contribution is 2.28. The van der Waals surface area contributed by atoms with E-state index in [0.717, 1.165) is 59.7 Å². The molecule has 6 heteroatoms. The Morgan fingerprint density at radius 3 is 2.38 bits per heavy atom. The third-order valence-electron chi connectivity index (χ3n) is 7.33. The maximum Gasteiger partial charge on any atom is 0.225 e. The lowest BCUT2D eigenvalue weighted by molar-refractivity contribution is 0.220. The third-order valence-corrected chi connectivity index (χ3v) is 7.33. The van der Waals surface area contributed by atoms with Gasteiger partial charge in [-0.25, -0.2) is 4.98 Å². The van der Waals surface area contributed by atoms with Crippen LogP contribution in [-0.2, 0) is 6.54 Å². The molecular formula is C31H37N5O. The maximum absolute atomic E-state index is 10.7. The van der Waals surface area contributed by atoms with E-state index in [4.69, 9.17) is 9.97 Å². The summed E-state index contributed by atoms with van der Waals surface area (Å²) in [7, 11) is 4.05. The van der Waals surface area contributed by atoms with Gasteiger partial charge in [0.1, 0.15) is 11.9 Å². The summed E-state index contributed by atoms with van der Waals surface area (Å²) in [5, 5.41) is 19.1. The molecule has 192 valence electrons. The first-order chi connectivity index (χ1) is 18.1. The summed E-state index contributed by atoms with van der Waals surface area (Å²) >= 11 is 0. The first kappa shape index (κ1) is 25.2. The van der Waals surface area contributed by atoms with Crippen molar-refractivity contribution < 1.29 is 5.11 Å². The molecule has 0 aliphatic heterocycles. The quantitative estimate of drug-likeness (QED) is 0.283. The lowest BCUT2D eigenvalue weighted by Crippen LogP contribution is -2.31. The van der Waals surface area contributed by atoms with Gasteiger partial charge in [-0.15, -0.1) is 0 Å². The summed E-state index contributed by atoms with van der Waals surface area (Å²) in [5.41, 5.74) is 4.03.